The molecule has 1 heterocycles. The number of halogens is 1. The third-order valence-corrected chi connectivity index (χ3v) is 4.51. The van der Waals surface area contributed by atoms with Gasteiger partial charge >= 0.3 is 0 Å². The molecule has 0 aliphatic heterocycles. The van der Waals surface area contributed by atoms with Crippen LogP contribution in [0.3, 0.4) is 0 Å². The van der Waals surface area contributed by atoms with Gasteiger partial charge < -0.3 is 4.98 Å². The van der Waals surface area contributed by atoms with Crippen LogP contribution in [0.25, 0.3) is 33.4 Å². The van der Waals surface area contributed by atoms with Crippen molar-refractivity contribution >= 4 is 33.4 Å². The highest BCUT2D eigenvalue weighted by Gasteiger charge is 2.11. The number of fused-ring (bicyclic) bond motifs is 1. The lowest BCUT2D eigenvalue weighted by Gasteiger charge is -2.00. The molecule has 0 saturated carbocycles. The van der Waals surface area contributed by atoms with Gasteiger partial charge in [-0.2, -0.15) is 0 Å². The Kier molecular flexibility index (Phi) is 3.42. The highest BCUT2D eigenvalue weighted by molar-refractivity contribution is 14.1. The minimum Gasteiger partial charge on any atom is -0.333 e. The summed E-state index contributed by atoms with van der Waals surface area (Å²) >= 11 is 2.31. The Bertz CT molecular complexity index is 942. The largest absolute Gasteiger partial charge is 0.333 e. The van der Waals surface area contributed by atoms with Crippen LogP contribution in [0.2, 0.25) is 0 Å². The standard InChI is InChI=1S/C19H13IN2/c20-18-17(14-7-2-1-3-8-14)21-19(22-18)16-11-10-13-6-4-5-9-15(13)12-16/h1-12H,(H,21,22). The molecule has 0 aliphatic carbocycles. The molecule has 22 heavy (non-hydrogen) atoms. The van der Waals surface area contributed by atoms with Gasteiger partial charge in [0.2, 0.25) is 0 Å². The molecule has 1 N–H and O–H groups in total. The van der Waals surface area contributed by atoms with Crippen molar-refractivity contribution in [1.29, 1.82) is 0 Å². The normalized spacial score (nSPS) is 11.0. The number of aromatic amines is 1. The van der Waals surface area contributed by atoms with Crippen molar-refractivity contribution in [2.45, 2.75) is 0 Å². The molecule has 1 aromatic heterocycles. The molecule has 0 amide bonds. The van der Waals surface area contributed by atoms with Gasteiger partial charge in [0, 0.05) is 11.1 Å². The number of hydrogen-bond acceptors (Lipinski definition) is 1. The van der Waals surface area contributed by atoms with Gasteiger partial charge in [0.15, 0.2) is 0 Å². The second-order valence-electron chi connectivity index (χ2n) is 5.18. The summed E-state index contributed by atoms with van der Waals surface area (Å²) in [5.74, 6) is 0.911. The Morgan fingerprint density at radius 2 is 1.45 bits per heavy atom. The zero-order valence-electron chi connectivity index (χ0n) is 11.8. The van der Waals surface area contributed by atoms with E-state index in [-0.39, 0.29) is 0 Å². The van der Waals surface area contributed by atoms with E-state index < -0.39 is 0 Å². The number of aromatic nitrogens is 2. The highest BCUT2D eigenvalue weighted by atomic mass is 127. The number of hydrogen-bond donors (Lipinski definition) is 1. The minimum absolute atomic E-state index is 0.911. The van der Waals surface area contributed by atoms with Crippen LogP contribution in [-0.2, 0) is 0 Å². The number of imidazole rings is 1. The molecule has 0 saturated heterocycles. The molecule has 0 spiro atoms. The van der Waals surface area contributed by atoms with Crippen molar-refractivity contribution in [3.05, 3.63) is 76.5 Å². The lowest BCUT2D eigenvalue weighted by Crippen LogP contribution is -1.82. The van der Waals surface area contributed by atoms with Crippen molar-refractivity contribution in [1.82, 2.24) is 9.97 Å². The molecule has 0 radical (unpaired) electrons. The summed E-state index contributed by atoms with van der Waals surface area (Å²) in [4.78, 5) is 8.19. The second kappa shape index (κ2) is 5.57. The summed E-state index contributed by atoms with van der Waals surface area (Å²) in [5, 5.41) is 2.48. The van der Waals surface area contributed by atoms with Gasteiger partial charge in [-0.3, -0.25) is 0 Å². The van der Waals surface area contributed by atoms with Crippen molar-refractivity contribution in [2.75, 3.05) is 0 Å². The molecule has 3 aromatic carbocycles. The van der Waals surface area contributed by atoms with Crippen LogP contribution in [0.5, 0.6) is 0 Å². The van der Waals surface area contributed by atoms with E-state index in [1.54, 1.807) is 0 Å². The molecule has 3 heteroatoms. The molecule has 106 valence electrons. The summed E-state index contributed by atoms with van der Waals surface area (Å²) in [6, 6.07) is 25.1. The third kappa shape index (κ3) is 2.41. The van der Waals surface area contributed by atoms with Crippen molar-refractivity contribution in [2.24, 2.45) is 0 Å². The molecule has 0 fully saturated rings. The fourth-order valence-electron chi connectivity index (χ4n) is 2.61. The molecule has 2 nitrogen and oxygen atoms in total. The van der Waals surface area contributed by atoms with E-state index in [0.717, 1.165) is 26.3 Å². The van der Waals surface area contributed by atoms with Crippen LogP contribution in [-0.4, -0.2) is 9.97 Å². The number of benzene rings is 3. The van der Waals surface area contributed by atoms with Crippen molar-refractivity contribution in [3.8, 4) is 22.6 Å². The van der Waals surface area contributed by atoms with Gasteiger partial charge in [0.1, 0.15) is 15.2 Å². The molecule has 4 rings (SSSR count). The van der Waals surface area contributed by atoms with Crippen LogP contribution in [0.1, 0.15) is 0 Å². The van der Waals surface area contributed by atoms with E-state index in [1.807, 2.05) is 18.2 Å². The van der Waals surface area contributed by atoms with Gasteiger partial charge in [-0.25, -0.2) is 4.98 Å². The van der Waals surface area contributed by atoms with Crippen LogP contribution >= 0.6 is 22.6 Å². The van der Waals surface area contributed by atoms with Gasteiger partial charge in [0.05, 0.1) is 0 Å². The summed E-state index contributed by atoms with van der Waals surface area (Å²) in [5.41, 5.74) is 3.25. The van der Waals surface area contributed by atoms with Gasteiger partial charge in [-0.1, -0.05) is 66.7 Å². The van der Waals surface area contributed by atoms with Crippen LogP contribution in [0.15, 0.2) is 72.8 Å². The Hall–Kier alpha value is -2.14. The van der Waals surface area contributed by atoms with E-state index in [1.165, 1.54) is 10.8 Å². The number of H-pyrrole nitrogens is 1. The number of nitrogens with zero attached hydrogens (tertiary/aromatic N) is 1. The molecule has 4 aromatic rings. The topological polar surface area (TPSA) is 28.7 Å². The van der Waals surface area contributed by atoms with Crippen molar-refractivity contribution < 1.29 is 0 Å². The molecule has 0 aliphatic rings. The first-order chi connectivity index (χ1) is 10.8. The molecular weight excluding hydrogens is 383 g/mol. The quantitative estimate of drug-likeness (QED) is 0.446. The SMILES string of the molecule is Ic1[nH]c(-c2ccc3ccccc3c2)nc1-c1ccccc1. The second-order valence-corrected chi connectivity index (χ2v) is 6.25. The maximum Gasteiger partial charge on any atom is 0.138 e. The lowest BCUT2D eigenvalue weighted by molar-refractivity contribution is 1.30. The first-order valence-electron chi connectivity index (χ1n) is 7.11. The van der Waals surface area contributed by atoms with E-state index in [2.05, 4.69) is 82.2 Å². The van der Waals surface area contributed by atoms with Crippen LogP contribution < -0.4 is 0 Å². The predicted octanol–water partition coefficient (Wildman–Crippen LogP) is 5.50. The van der Waals surface area contributed by atoms with Crippen LogP contribution in [0.4, 0.5) is 0 Å². The van der Waals surface area contributed by atoms with Gasteiger partial charge in [0.25, 0.3) is 0 Å². The van der Waals surface area contributed by atoms with E-state index in [9.17, 15) is 0 Å². The molecule has 0 unspecified atom stereocenters. The smallest absolute Gasteiger partial charge is 0.138 e. The number of rotatable bonds is 2. The summed E-state index contributed by atoms with van der Waals surface area (Å²) in [6.07, 6.45) is 0. The van der Waals surface area contributed by atoms with Gasteiger partial charge in [-0.15, -0.1) is 0 Å². The molecule has 0 atom stereocenters. The fourth-order valence-corrected chi connectivity index (χ4v) is 3.30. The monoisotopic (exact) mass is 396 g/mol. The van der Waals surface area contributed by atoms with Crippen molar-refractivity contribution in [3.63, 3.8) is 0 Å². The third-order valence-electron chi connectivity index (χ3n) is 3.73. The average molecular weight is 396 g/mol. The maximum atomic E-state index is 4.79. The summed E-state index contributed by atoms with van der Waals surface area (Å²) in [6.45, 7) is 0. The first kappa shape index (κ1) is 13.5. The minimum atomic E-state index is 0.911. The Labute approximate surface area is 142 Å². The van der Waals surface area contributed by atoms with E-state index >= 15 is 0 Å². The Balaban J connectivity index is 1.82. The van der Waals surface area contributed by atoms with Gasteiger partial charge in [-0.05, 0) is 39.4 Å². The average Bonchev–Trinajstić information content (AvgIpc) is 2.97. The fraction of sp³-hybridized carbons (Fsp3) is 0. The Morgan fingerprint density at radius 1 is 0.727 bits per heavy atom. The highest BCUT2D eigenvalue weighted by Crippen LogP contribution is 2.28. The van der Waals surface area contributed by atoms with E-state index in [0.29, 0.717) is 0 Å². The Morgan fingerprint density at radius 3 is 2.27 bits per heavy atom. The molecular formula is C19H13IN2. The van der Waals surface area contributed by atoms with Crippen LogP contribution in [0, 0.1) is 3.70 Å². The predicted molar refractivity (Wildman–Crippen MR) is 99.7 cm³/mol. The zero-order valence-corrected chi connectivity index (χ0v) is 13.9. The zero-order chi connectivity index (χ0) is 14.9. The number of nitrogens with one attached hydrogen (secondary N) is 1. The maximum absolute atomic E-state index is 4.79. The summed E-state index contributed by atoms with van der Waals surface area (Å²) < 4.78 is 1.06. The lowest BCUT2D eigenvalue weighted by atomic mass is 10.1. The first-order valence-corrected chi connectivity index (χ1v) is 8.19. The molecule has 0 bridgehead atoms. The summed E-state index contributed by atoms with van der Waals surface area (Å²) in [7, 11) is 0. The van der Waals surface area contributed by atoms with E-state index in [4.69, 9.17) is 4.98 Å².